The molecule has 2 N–H and O–H groups in total. The minimum Gasteiger partial charge on any atom is -0.506 e. The van der Waals surface area contributed by atoms with Gasteiger partial charge in [-0.25, -0.2) is 13.8 Å². The topological polar surface area (TPSA) is 53.4 Å². The van der Waals surface area contributed by atoms with E-state index < -0.39 is 23.6 Å². The summed E-state index contributed by atoms with van der Waals surface area (Å²) in [6.45, 7) is 0. The Hall–Kier alpha value is -1.10. The third-order valence-electron chi connectivity index (χ3n) is 1.42. The lowest BCUT2D eigenvalue weighted by molar-refractivity contribution is 0.141. The van der Waals surface area contributed by atoms with Crippen LogP contribution < -0.4 is 0 Å². The average molecular weight is 210 g/mol. The van der Waals surface area contributed by atoms with Crippen molar-refractivity contribution in [1.29, 1.82) is 0 Å². The molecular formula is C7H6ClF2NO2. The normalized spacial score (nSPS) is 10.8. The molecular weight excluding hydrogens is 204 g/mol. The first kappa shape index (κ1) is 9.98. The second-order valence-corrected chi connectivity index (χ2v) is 2.56. The van der Waals surface area contributed by atoms with E-state index >= 15 is 0 Å². The van der Waals surface area contributed by atoms with Gasteiger partial charge in [-0.15, -0.1) is 11.6 Å². The first-order chi connectivity index (χ1) is 6.06. The highest BCUT2D eigenvalue weighted by Crippen LogP contribution is 2.31. The summed E-state index contributed by atoms with van der Waals surface area (Å²) in [6.07, 6.45) is -2.89. The summed E-state index contributed by atoms with van der Waals surface area (Å²) in [6, 6.07) is 0.798. The number of aromatic hydroxyl groups is 2. The van der Waals surface area contributed by atoms with Gasteiger partial charge in [0.1, 0.15) is 17.2 Å². The molecule has 6 heteroatoms. The van der Waals surface area contributed by atoms with Crippen LogP contribution in [0.25, 0.3) is 0 Å². The van der Waals surface area contributed by atoms with Crippen LogP contribution in [0, 0.1) is 0 Å². The molecule has 72 valence electrons. The molecule has 0 aliphatic heterocycles. The Morgan fingerprint density at radius 1 is 1.38 bits per heavy atom. The molecule has 0 amide bonds. The number of pyridine rings is 1. The Balaban J connectivity index is 3.22. The van der Waals surface area contributed by atoms with Gasteiger partial charge in [0, 0.05) is 6.07 Å². The molecule has 0 unspecified atom stereocenters. The molecule has 0 fully saturated rings. The van der Waals surface area contributed by atoms with Crippen molar-refractivity contribution in [2.45, 2.75) is 12.3 Å². The van der Waals surface area contributed by atoms with Crippen LogP contribution in [0.2, 0.25) is 0 Å². The van der Waals surface area contributed by atoms with Gasteiger partial charge in [0.15, 0.2) is 0 Å². The van der Waals surface area contributed by atoms with E-state index in [1.807, 2.05) is 0 Å². The minimum absolute atomic E-state index is 0.0743. The average Bonchev–Trinajstić information content (AvgIpc) is 2.03. The molecule has 3 nitrogen and oxygen atoms in total. The van der Waals surface area contributed by atoms with Crippen LogP contribution in [0.5, 0.6) is 11.5 Å². The van der Waals surface area contributed by atoms with E-state index in [1.165, 1.54) is 0 Å². The van der Waals surface area contributed by atoms with Crippen LogP contribution in [0.4, 0.5) is 8.78 Å². The third-order valence-corrected chi connectivity index (χ3v) is 1.67. The summed E-state index contributed by atoms with van der Waals surface area (Å²) in [5, 5.41) is 18.0. The van der Waals surface area contributed by atoms with Crippen molar-refractivity contribution in [3.63, 3.8) is 0 Å². The fourth-order valence-corrected chi connectivity index (χ4v) is 1.00. The Kier molecular flexibility index (Phi) is 2.87. The largest absolute Gasteiger partial charge is 0.506 e. The number of nitrogens with zero attached hydrogens (tertiary/aromatic N) is 1. The van der Waals surface area contributed by atoms with Crippen LogP contribution >= 0.6 is 11.6 Å². The summed E-state index contributed by atoms with van der Waals surface area (Å²) >= 11 is 5.31. The monoisotopic (exact) mass is 209 g/mol. The Morgan fingerprint density at radius 2 is 2.00 bits per heavy atom. The summed E-state index contributed by atoms with van der Waals surface area (Å²) in [5.41, 5.74) is -0.844. The van der Waals surface area contributed by atoms with Gasteiger partial charge < -0.3 is 10.2 Å². The van der Waals surface area contributed by atoms with Crippen molar-refractivity contribution in [3.8, 4) is 11.5 Å². The van der Waals surface area contributed by atoms with Gasteiger partial charge in [0.05, 0.1) is 11.6 Å². The maximum Gasteiger partial charge on any atom is 0.284 e. The molecule has 1 heterocycles. The highest BCUT2D eigenvalue weighted by atomic mass is 35.5. The van der Waals surface area contributed by atoms with Gasteiger partial charge in [0.25, 0.3) is 6.43 Å². The molecule has 0 aliphatic rings. The molecule has 0 bridgehead atoms. The van der Waals surface area contributed by atoms with Gasteiger partial charge in [-0.3, -0.25) is 0 Å². The molecule has 1 rings (SSSR count). The van der Waals surface area contributed by atoms with Gasteiger partial charge in [-0.2, -0.15) is 0 Å². The lowest BCUT2D eigenvalue weighted by Crippen LogP contribution is -1.95. The highest BCUT2D eigenvalue weighted by Gasteiger charge is 2.17. The number of hydrogen-bond acceptors (Lipinski definition) is 3. The van der Waals surface area contributed by atoms with Crippen LogP contribution in [0.15, 0.2) is 6.07 Å². The molecule has 0 radical (unpaired) electrons. The predicted octanol–water partition coefficient (Wildman–Crippen LogP) is 2.17. The number of hydrogen-bond donors (Lipinski definition) is 2. The number of halogens is 3. The van der Waals surface area contributed by atoms with Crippen LogP contribution in [-0.4, -0.2) is 15.2 Å². The van der Waals surface area contributed by atoms with Gasteiger partial charge >= 0.3 is 0 Å². The van der Waals surface area contributed by atoms with Crippen molar-refractivity contribution >= 4 is 11.6 Å². The van der Waals surface area contributed by atoms with Crippen LogP contribution in [0.3, 0.4) is 0 Å². The first-order valence-electron chi connectivity index (χ1n) is 3.32. The molecule has 0 saturated carbocycles. The Labute approximate surface area is 77.6 Å². The lowest BCUT2D eigenvalue weighted by atomic mass is 10.2. The molecule has 0 saturated heterocycles. The molecule has 0 atom stereocenters. The fraction of sp³-hybridized carbons (Fsp3) is 0.286. The standard InChI is InChI=1S/C7H6ClF2NO2/c8-2-3-4(12)1-5(13)6(11-3)7(9)10/h1,7,12-13H,2H2. The zero-order chi connectivity index (χ0) is 10.0. The zero-order valence-corrected chi connectivity index (χ0v) is 7.09. The minimum atomic E-state index is -2.89. The van der Waals surface area contributed by atoms with Crippen molar-refractivity contribution < 1.29 is 19.0 Å². The zero-order valence-electron chi connectivity index (χ0n) is 6.34. The van der Waals surface area contributed by atoms with Crippen molar-refractivity contribution in [3.05, 3.63) is 17.5 Å². The molecule has 13 heavy (non-hydrogen) atoms. The van der Waals surface area contributed by atoms with Crippen LogP contribution in [0.1, 0.15) is 17.8 Å². The molecule has 0 aliphatic carbocycles. The van der Waals surface area contributed by atoms with Gasteiger partial charge in [0.2, 0.25) is 0 Å². The summed E-state index contributed by atoms with van der Waals surface area (Å²) in [5.74, 6) is -1.32. The maximum absolute atomic E-state index is 12.1. The molecule has 1 aromatic heterocycles. The summed E-state index contributed by atoms with van der Waals surface area (Å²) in [7, 11) is 0. The predicted molar refractivity (Wildman–Crippen MR) is 42.1 cm³/mol. The molecule has 1 aromatic rings. The highest BCUT2D eigenvalue weighted by molar-refractivity contribution is 6.17. The molecule has 0 spiro atoms. The van der Waals surface area contributed by atoms with E-state index in [0.29, 0.717) is 0 Å². The third kappa shape index (κ3) is 1.98. The quantitative estimate of drug-likeness (QED) is 0.734. The van der Waals surface area contributed by atoms with Gasteiger partial charge in [-0.1, -0.05) is 0 Å². The number of rotatable bonds is 2. The second-order valence-electron chi connectivity index (χ2n) is 2.29. The fourth-order valence-electron chi connectivity index (χ4n) is 0.806. The van der Waals surface area contributed by atoms with E-state index in [2.05, 4.69) is 4.98 Å². The summed E-state index contributed by atoms with van der Waals surface area (Å²) in [4.78, 5) is 3.31. The van der Waals surface area contributed by atoms with E-state index in [-0.39, 0.29) is 11.6 Å². The first-order valence-corrected chi connectivity index (χ1v) is 3.85. The Bertz CT molecular complexity index is 320. The number of aromatic nitrogens is 1. The molecule has 0 aromatic carbocycles. The van der Waals surface area contributed by atoms with E-state index in [9.17, 15) is 8.78 Å². The van der Waals surface area contributed by atoms with E-state index in [0.717, 1.165) is 6.07 Å². The van der Waals surface area contributed by atoms with Crippen molar-refractivity contribution in [2.24, 2.45) is 0 Å². The Morgan fingerprint density at radius 3 is 2.46 bits per heavy atom. The van der Waals surface area contributed by atoms with Gasteiger partial charge in [-0.05, 0) is 0 Å². The van der Waals surface area contributed by atoms with Crippen molar-refractivity contribution in [2.75, 3.05) is 0 Å². The van der Waals surface area contributed by atoms with Crippen molar-refractivity contribution in [1.82, 2.24) is 4.98 Å². The van der Waals surface area contributed by atoms with E-state index in [4.69, 9.17) is 21.8 Å². The second kappa shape index (κ2) is 3.74. The van der Waals surface area contributed by atoms with E-state index in [1.54, 1.807) is 0 Å². The SMILES string of the molecule is Oc1cc(O)c(C(F)F)nc1CCl. The number of alkyl halides is 3. The summed E-state index contributed by atoms with van der Waals surface area (Å²) < 4.78 is 24.3. The smallest absolute Gasteiger partial charge is 0.284 e. The lowest BCUT2D eigenvalue weighted by Gasteiger charge is -2.05. The van der Waals surface area contributed by atoms with Crippen LogP contribution in [-0.2, 0) is 5.88 Å². The maximum atomic E-state index is 12.1.